The van der Waals surface area contributed by atoms with Crippen molar-refractivity contribution in [2.24, 2.45) is 5.92 Å². The van der Waals surface area contributed by atoms with Gasteiger partial charge in [-0.15, -0.1) is 0 Å². The standard InChI is InChI=1S/C18H21NO3/c1-12-17(18(21)22-2)15-5-3-4-6-16(15)19(12)11-13-7-9-14(20)10-8-13/h3-6,13H,7-11H2,1-2H3. The molecule has 2 aromatic rings. The SMILES string of the molecule is COC(=O)c1c(C)n(CC2CCC(=O)CC2)c2ccccc12. The maximum Gasteiger partial charge on any atom is 0.340 e. The first kappa shape index (κ1) is 14.8. The van der Waals surface area contributed by atoms with E-state index in [1.807, 2.05) is 31.2 Å². The molecule has 116 valence electrons. The molecule has 1 heterocycles. The van der Waals surface area contributed by atoms with E-state index in [0.29, 0.717) is 30.1 Å². The second-order valence-corrected chi connectivity index (χ2v) is 6.06. The van der Waals surface area contributed by atoms with Crippen LogP contribution >= 0.6 is 0 Å². The molecule has 0 N–H and O–H groups in total. The Balaban J connectivity index is 2.00. The number of rotatable bonds is 3. The number of carbonyl (C=O) groups excluding carboxylic acids is 2. The van der Waals surface area contributed by atoms with E-state index in [1.54, 1.807) is 0 Å². The van der Waals surface area contributed by atoms with Crippen LogP contribution in [0.25, 0.3) is 10.9 Å². The molecule has 1 aromatic carbocycles. The summed E-state index contributed by atoms with van der Waals surface area (Å²) in [5.41, 5.74) is 2.67. The van der Waals surface area contributed by atoms with Crippen LogP contribution in [0.15, 0.2) is 24.3 Å². The first-order chi connectivity index (χ1) is 10.6. The second kappa shape index (κ2) is 5.95. The Labute approximate surface area is 130 Å². The molecule has 0 amide bonds. The molecule has 22 heavy (non-hydrogen) atoms. The molecular weight excluding hydrogens is 278 g/mol. The van der Waals surface area contributed by atoms with Gasteiger partial charge in [-0.25, -0.2) is 4.79 Å². The zero-order chi connectivity index (χ0) is 15.7. The minimum Gasteiger partial charge on any atom is -0.465 e. The number of methoxy groups -OCH3 is 1. The van der Waals surface area contributed by atoms with Gasteiger partial charge in [0.25, 0.3) is 0 Å². The lowest BCUT2D eigenvalue weighted by Crippen LogP contribution is -2.19. The molecule has 0 unspecified atom stereocenters. The fourth-order valence-corrected chi connectivity index (χ4v) is 3.47. The van der Waals surface area contributed by atoms with E-state index in [0.717, 1.165) is 36.0 Å². The van der Waals surface area contributed by atoms with Crippen LogP contribution in [-0.2, 0) is 16.1 Å². The molecule has 1 saturated carbocycles. The van der Waals surface area contributed by atoms with Crippen LogP contribution in [0.3, 0.4) is 0 Å². The van der Waals surface area contributed by atoms with Gasteiger partial charge >= 0.3 is 5.97 Å². The van der Waals surface area contributed by atoms with Gasteiger partial charge in [0, 0.05) is 36.0 Å². The zero-order valence-electron chi connectivity index (χ0n) is 13.1. The van der Waals surface area contributed by atoms with Crippen molar-refractivity contribution in [1.29, 1.82) is 0 Å². The monoisotopic (exact) mass is 299 g/mol. The number of hydrogen-bond donors (Lipinski definition) is 0. The average Bonchev–Trinajstić information content (AvgIpc) is 2.81. The van der Waals surface area contributed by atoms with Gasteiger partial charge in [0.05, 0.1) is 12.7 Å². The number of fused-ring (bicyclic) bond motifs is 1. The highest BCUT2D eigenvalue weighted by Crippen LogP contribution is 2.30. The summed E-state index contributed by atoms with van der Waals surface area (Å²) in [4.78, 5) is 23.5. The largest absolute Gasteiger partial charge is 0.465 e. The lowest BCUT2D eigenvalue weighted by atomic mass is 9.88. The minimum absolute atomic E-state index is 0.286. The van der Waals surface area contributed by atoms with E-state index in [4.69, 9.17) is 4.74 Å². The van der Waals surface area contributed by atoms with Crippen molar-refractivity contribution >= 4 is 22.7 Å². The van der Waals surface area contributed by atoms with E-state index in [-0.39, 0.29) is 5.97 Å². The number of ether oxygens (including phenoxy) is 1. The molecule has 3 rings (SSSR count). The Morgan fingerprint density at radius 1 is 1.27 bits per heavy atom. The molecule has 1 aromatic heterocycles. The van der Waals surface area contributed by atoms with Crippen LogP contribution in [-0.4, -0.2) is 23.4 Å². The molecule has 0 atom stereocenters. The Morgan fingerprint density at radius 2 is 1.95 bits per heavy atom. The molecule has 0 spiro atoms. The number of aromatic nitrogens is 1. The van der Waals surface area contributed by atoms with Gasteiger partial charge in [-0.2, -0.15) is 0 Å². The van der Waals surface area contributed by atoms with Crippen molar-refractivity contribution < 1.29 is 14.3 Å². The number of para-hydroxylation sites is 1. The van der Waals surface area contributed by atoms with Crippen LogP contribution in [0.2, 0.25) is 0 Å². The van der Waals surface area contributed by atoms with Crippen LogP contribution in [0.5, 0.6) is 0 Å². The molecule has 4 heteroatoms. The molecular formula is C18H21NO3. The average molecular weight is 299 g/mol. The van der Waals surface area contributed by atoms with Crippen molar-refractivity contribution in [1.82, 2.24) is 4.57 Å². The summed E-state index contributed by atoms with van der Waals surface area (Å²) >= 11 is 0. The van der Waals surface area contributed by atoms with Crippen molar-refractivity contribution in [3.05, 3.63) is 35.5 Å². The fourth-order valence-electron chi connectivity index (χ4n) is 3.47. The van der Waals surface area contributed by atoms with Crippen molar-refractivity contribution in [3.8, 4) is 0 Å². The van der Waals surface area contributed by atoms with Crippen LogP contribution in [0, 0.1) is 12.8 Å². The number of carbonyl (C=O) groups is 2. The third-order valence-corrected chi connectivity index (χ3v) is 4.72. The molecule has 1 fully saturated rings. The first-order valence-electron chi connectivity index (χ1n) is 7.79. The summed E-state index contributed by atoms with van der Waals surface area (Å²) in [6, 6.07) is 7.94. The lowest BCUT2D eigenvalue weighted by Gasteiger charge is -2.22. The molecule has 0 radical (unpaired) electrons. The van der Waals surface area contributed by atoms with Gasteiger partial charge < -0.3 is 9.30 Å². The Bertz CT molecular complexity index is 719. The van der Waals surface area contributed by atoms with E-state index in [9.17, 15) is 9.59 Å². The minimum atomic E-state index is -0.286. The number of benzene rings is 1. The van der Waals surface area contributed by atoms with E-state index >= 15 is 0 Å². The molecule has 1 aliphatic carbocycles. The Morgan fingerprint density at radius 3 is 2.64 bits per heavy atom. The molecule has 0 bridgehead atoms. The van der Waals surface area contributed by atoms with Crippen LogP contribution < -0.4 is 0 Å². The number of nitrogens with zero attached hydrogens (tertiary/aromatic N) is 1. The summed E-state index contributed by atoms with van der Waals surface area (Å²) in [5, 5.41) is 0.943. The Hall–Kier alpha value is -2.10. The smallest absolute Gasteiger partial charge is 0.340 e. The van der Waals surface area contributed by atoms with Crippen molar-refractivity contribution in [3.63, 3.8) is 0 Å². The van der Waals surface area contributed by atoms with Crippen LogP contribution in [0.4, 0.5) is 0 Å². The van der Waals surface area contributed by atoms with Gasteiger partial charge in [0.2, 0.25) is 0 Å². The van der Waals surface area contributed by atoms with Gasteiger partial charge in [0.15, 0.2) is 0 Å². The predicted octanol–water partition coefficient (Wildman–Crippen LogP) is 3.50. The molecule has 0 saturated heterocycles. The first-order valence-corrected chi connectivity index (χ1v) is 7.79. The van der Waals surface area contributed by atoms with Gasteiger partial charge in [-0.3, -0.25) is 4.79 Å². The van der Waals surface area contributed by atoms with Crippen molar-refractivity contribution in [2.75, 3.05) is 7.11 Å². The topological polar surface area (TPSA) is 48.3 Å². The molecule has 1 aliphatic rings. The van der Waals surface area contributed by atoms with Crippen molar-refractivity contribution in [2.45, 2.75) is 39.2 Å². The summed E-state index contributed by atoms with van der Waals surface area (Å²) < 4.78 is 7.16. The third kappa shape index (κ3) is 2.54. The van der Waals surface area contributed by atoms with E-state index < -0.39 is 0 Å². The Kier molecular flexibility index (Phi) is 4.01. The normalized spacial score (nSPS) is 16.2. The zero-order valence-corrected chi connectivity index (χ0v) is 13.1. The summed E-state index contributed by atoms with van der Waals surface area (Å²) in [5.74, 6) is 0.588. The lowest BCUT2D eigenvalue weighted by molar-refractivity contribution is -0.121. The second-order valence-electron chi connectivity index (χ2n) is 6.06. The summed E-state index contributed by atoms with van der Waals surface area (Å²) in [6.45, 7) is 2.83. The summed E-state index contributed by atoms with van der Waals surface area (Å²) in [6.07, 6.45) is 3.26. The highest BCUT2D eigenvalue weighted by molar-refractivity contribution is 6.05. The molecule has 0 aliphatic heterocycles. The quantitative estimate of drug-likeness (QED) is 0.815. The summed E-state index contributed by atoms with van der Waals surface area (Å²) in [7, 11) is 1.42. The maximum atomic E-state index is 12.1. The number of ketones is 1. The van der Waals surface area contributed by atoms with Gasteiger partial charge in [-0.1, -0.05) is 18.2 Å². The van der Waals surface area contributed by atoms with E-state index in [2.05, 4.69) is 4.57 Å². The maximum absolute atomic E-state index is 12.1. The highest BCUT2D eigenvalue weighted by atomic mass is 16.5. The number of Topliss-reactive ketones (excluding diaryl/α,β-unsaturated/α-hetero) is 1. The predicted molar refractivity (Wildman–Crippen MR) is 85.0 cm³/mol. The van der Waals surface area contributed by atoms with Gasteiger partial charge in [-0.05, 0) is 31.7 Å². The highest BCUT2D eigenvalue weighted by Gasteiger charge is 2.24. The van der Waals surface area contributed by atoms with Gasteiger partial charge in [0.1, 0.15) is 5.78 Å². The van der Waals surface area contributed by atoms with E-state index in [1.165, 1.54) is 7.11 Å². The fraction of sp³-hybridized carbons (Fsp3) is 0.444. The van der Waals surface area contributed by atoms with Crippen LogP contribution in [0.1, 0.15) is 41.7 Å². The number of hydrogen-bond acceptors (Lipinski definition) is 3. The molecule has 4 nitrogen and oxygen atoms in total. The third-order valence-electron chi connectivity index (χ3n) is 4.72. The number of esters is 1.